The normalized spacial score (nSPS) is 21.5. The Morgan fingerprint density at radius 3 is 3.00 bits per heavy atom. The largest absolute Gasteiger partial charge is 0.352 e. The van der Waals surface area contributed by atoms with Crippen molar-refractivity contribution in [1.82, 2.24) is 25.2 Å². The predicted molar refractivity (Wildman–Crippen MR) is 87.3 cm³/mol. The maximum Gasteiger partial charge on any atom is 0.266 e. The van der Waals surface area contributed by atoms with Crippen LogP contribution in [0.25, 0.3) is 5.65 Å². The molecule has 0 saturated carbocycles. The summed E-state index contributed by atoms with van der Waals surface area (Å²) in [5.41, 5.74) is 3.10. The highest BCUT2D eigenvalue weighted by atomic mass is 16.2. The van der Waals surface area contributed by atoms with Crippen molar-refractivity contribution in [3.05, 3.63) is 33.4 Å². The lowest BCUT2D eigenvalue weighted by atomic mass is 9.92. The summed E-state index contributed by atoms with van der Waals surface area (Å²) in [4.78, 5) is 28.3. The van der Waals surface area contributed by atoms with Crippen molar-refractivity contribution in [2.75, 3.05) is 6.54 Å². The van der Waals surface area contributed by atoms with Crippen LogP contribution >= 0.6 is 0 Å². The molecule has 7 heteroatoms. The summed E-state index contributed by atoms with van der Waals surface area (Å²) < 4.78 is 1.67. The van der Waals surface area contributed by atoms with Gasteiger partial charge in [0.1, 0.15) is 0 Å². The highest BCUT2D eigenvalue weighted by molar-refractivity contribution is 5.78. The van der Waals surface area contributed by atoms with Crippen molar-refractivity contribution in [2.24, 2.45) is 5.92 Å². The molecule has 2 aromatic rings. The van der Waals surface area contributed by atoms with Crippen LogP contribution in [0.1, 0.15) is 36.7 Å². The summed E-state index contributed by atoms with van der Waals surface area (Å²) >= 11 is 0. The third-order valence-electron chi connectivity index (χ3n) is 4.64. The number of amides is 1. The van der Waals surface area contributed by atoms with Crippen LogP contribution in [-0.4, -0.2) is 33.1 Å². The Morgan fingerprint density at radius 2 is 2.26 bits per heavy atom. The number of aromatic amines is 1. The number of piperidine rings is 1. The molecule has 1 saturated heterocycles. The van der Waals surface area contributed by atoms with E-state index in [0.29, 0.717) is 18.2 Å². The van der Waals surface area contributed by atoms with Crippen molar-refractivity contribution in [2.45, 2.75) is 46.2 Å². The molecule has 7 nitrogen and oxygen atoms in total. The third kappa shape index (κ3) is 3.14. The van der Waals surface area contributed by atoms with Crippen LogP contribution in [0.2, 0.25) is 0 Å². The van der Waals surface area contributed by atoms with E-state index >= 15 is 0 Å². The van der Waals surface area contributed by atoms with E-state index in [2.05, 4.69) is 27.6 Å². The van der Waals surface area contributed by atoms with Crippen LogP contribution in [0, 0.1) is 19.8 Å². The zero-order chi connectivity index (χ0) is 16.6. The minimum Gasteiger partial charge on any atom is -0.352 e. The lowest BCUT2D eigenvalue weighted by molar-refractivity contribution is -0.126. The molecule has 3 rings (SSSR count). The lowest BCUT2D eigenvalue weighted by Crippen LogP contribution is -2.42. The zero-order valence-electron chi connectivity index (χ0n) is 13.8. The van der Waals surface area contributed by atoms with Crippen LogP contribution in [0.5, 0.6) is 0 Å². The third-order valence-corrected chi connectivity index (χ3v) is 4.64. The average molecular weight is 317 g/mol. The number of aryl methyl sites for hydroxylation is 2. The topological polar surface area (TPSA) is 91.3 Å². The maximum atomic E-state index is 12.4. The number of nitrogens with zero attached hydrogens (tertiary/aromatic N) is 2. The molecule has 2 aromatic heterocycles. The molecule has 3 heterocycles. The summed E-state index contributed by atoms with van der Waals surface area (Å²) in [6, 6.07) is 1.85. The van der Waals surface area contributed by atoms with Gasteiger partial charge in [-0.15, -0.1) is 0 Å². The number of hydrogen-bond donors (Lipinski definition) is 3. The predicted octanol–water partition coefficient (Wildman–Crippen LogP) is 0.644. The number of aromatic nitrogens is 3. The second-order valence-electron chi connectivity index (χ2n) is 6.37. The Bertz CT molecular complexity index is 792. The van der Waals surface area contributed by atoms with Gasteiger partial charge in [-0.25, -0.2) is 9.50 Å². The number of H-pyrrole nitrogens is 1. The van der Waals surface area contributed by atoms with E-state index in [1.54, 1.807) is 4.52 Å². The monoisotopic (exact) mass is 317 g/mol. The van der Waals surface area contributed by atoms with Gasteiger partial charge in [0.2, 0.25) is 5.91 Å². The Kier molecular flexibility index (Phi) is 4.21. The van der Waals surface area contributed by atoms with Crippen LogP contribution in [0.3, 0.4) is 0 Å². The van der Waals surface area contributed by atoms with Crippen LogP contribution in [-0.2, 0) is 11.3 Å². The van der Waals surface area contributed by atoms with Crippen molar-refractivity contribution >= 4 is 11.6 Å². The quantitative estimate of drug-likeness (QED) is 0.775. The van der Waals surface area contributed by atoms with Gasteiger partial charge in [0.05, 0.1) is 0 Å². The van der Waals surface area contributed by atoms with Gasteiger partial charge in [-0.3, -0.25) is 14.7 Å². The first kappa shape index (κ1) is 15.7. The number of fused-ring (bicyclic) bond motifs is 1. The summed E-state index contributed by atoms with van der Waals surface area (Å²) in [5, 5.41) is 9.11. The molecule has 0 unspecified atom stereocenters. The molecule has 2 atom stereocenters. The Hall–Kier alpha value is -2.15. The van der Waals surface area contributed by atoms with E-state index in [-0.39, 0.29) is 17.4 Å². The minimum atomic E-state index is -0.176. The fraction of sp³-hybridized carbons (Fsp3) is 0.562. The molecule has 1 amide bonds. The Morgan fingerprint density at radius 1 is 1.48 bits per heavy atom. The lowest BCUT2D eigenvalue weighted by Gasteiger charge is -2.27. The molecule has 1 aliphatic rings. The summed E-state index contributed by atoms with van der Waals surface area (Å²) in [5.74, 6) is 0.160. The van der Waals surface area contributed by atoms with Gasteiger partial charge in [0.15, 0.2) is 5.65 Å². The summed E-state index contributed by atoms with van der Waals surface area (Å²) in [6.45, 7) is 7.24. The van der Waals surface area contributed by atoms with E-state index in [1.807, 2.05) is 13.8 Å². The van der Waals surface area contributed by atoms with E-state index in [4.69, 9.17) is 0 Å². The Balaban J connectivity index is 1.76. The fourth-order valence-electron chi connectivity index (χ4n) is 3.30. The van der Waals surface area contributed by atoms with Crippen molar-refractivity contribution < 1.29 is 4.79 Å². The van der Waals surface area contributed by atoms with Gasteiger partial charge in [-0.05, 0) is 40.2 Å². The van der Waals surface area contributed by atoms with E-state index in [9.17, 15) is 9.59 Å². The fourth-order valence-corrected chi connectivity index (χ4v) is 3.30. The summed E-state index contributed by atoms with van der Waals surface area (Å²) in [7, 11) is 0. The van der Waals surface area contributed by atoms with Gasteiger partial charge < -0.3 is 10.6 Å². The molecule has 0 radical (unpaired) electrons. The molecule has 0 spiro atoms. The second kappa shape index (κ2) is 6.16. The number of hydrogen-bond acceptors (Lipinski definition) is 4. The first-order chi connectivity index (χ1) is 11.0. The Labute approximate surface area is 134 Å². The first-order valence-electron chi connectivity index (χ1n) is 8.04. The summed E-state index contributed by atoms with van der Waals surface area (Å²) in [6.07, 6.45) is 1.74. The van der Waals surface area contributed by atoms with Crippen molar-refractivity contribution in [3.63, 3.8) is 0 Å². The number of rotatable bonds is 3. The molecular weight excluding hydrogens is 294 g/mol. The smallest absolute Gasteiger partial charge is 0.266 e. The zero-order valence-corrected chi connectivity index (χ0v) is 13.8. The SMILES string of the molecule is Cc1nc2cc(=O)[nH]n2c(C)c1CNC(=O)[C@H]1CCN[C@@H](C)C1. The van der Waals surface area contributed by atoms with E-state index in [0.717, 1.165) is 36.3 Å². The number of carbonyl (C=O) groups excluding carboxylic acids is 1. The highest BCUT2D eigenvalue weighted by Crippen LogP contribution is 2.17. The van der Waals surface area contributed by atoms with Crippen molar-refractivity contribution in [3.8, 4) is 0 Å². The molecule has 124 valence electrons. The van der Waals surface area contributed by atoms with Gasteiger partial charge in [0, 0.05) is 41.5 Å². The number of nitrogens with one attached hydrogen (secondary N) is 3. The van der Waals surface area contributed by atoms with Crippen LogP contribution < -0.4 is 16.2 Å². The second-order valence-corrected chi connectivity index (χ2v) is 6.37. The molecule has 23 heavy (non-hydrogen) atoms. The van der Waals surface area contributed by atoms with Crippen molar-refractivity contribution in [1.29, 1.82) is 0 Å². The van der Waals surface area contributed by atoms with E-state index < -0.39 is 0 Å². The number of carbonyl (C=O) groups is 1. The molecule has 3 N–H and O–H groups in total. The molecule has 1 aliphatic heterocycles. The molecule has 0 aliphatic carbocycles. The standard InChI is InChI=1S/C16H23N5O2/c1-9-6-12(4-5-17-9)16(23)18-8-13-10(2)19-14-7-15(22)20-21(14)11(13)3/h7,9,12,17H,4-6,8H2,1-3H3,(H,18,23)(H,20,22)/t9-,12-/m0/s1. The van der Waals surface area contributed by atoms with E-state index in [1.165, 1.54) is 6.07 Å². The highest BCUT2D eigenvalue weighted by Gasteiger charge is 2.24. The van der Waals surface area contributed by atoms with Crippen LogP contribution in [0.15, 0.2) is 10.9 Å². The minimum absolute atomic E-state index is 0.0648. The van der Waals surface area contributed by atoms with Gasteiger partial charge in [-0.2, -0.15) is 0 Å². The maximum absolute atomic E-state index is 12.4. The van der Waals surface area contributed by atoms with Gasteiger partial charge in [0.25, 0.3) is 5.56 Å². The van der Waals surface area contributed by atoms with Crippen LogP contribution in [0.4, 0.5) is 0 Å². The average Bonchev–Trinajstić information content (AvgIpc) is 2.87. The van der Waals surface area contributed by atoms with Gasteiger partial charge >= 0.3 is 0 Å². The van der Waals surface area contributed by atoms with Gasteiger partial charge in [-0.1, -0.05) is 0 Å². The molecular formula is C16H23N5O2. The first-order valence-corrected chi connectivity index (χ1v) is 8.04. The molecule has 0 bridgehead atoms. The molecule has 0 aromatic carbocycles. The molecule has 1 fully saturated rings.